The van der Waals surface area contributed by atoms with E-state index in [1.54, 1.807) is 7.11 Å². The predicted octanol–water partition coefficient (Wildman–Crippen LogP) is 2.71. The third kappa shape index (κ3) is 2.48. The van der Waals surface area contributed by atoms with Gasteiger partial charge in [-0.1, -0.05) is 26.2 Å². The molecule has 0 spiro atoms. The van der Waals surface area contributed by atoms with E-state index in [-0.39, 0.29) is 11.6 Å². The maximum Gasteiger partial charge on any atom is 0.0800 e. The molecule has 1 saturated carbocycles. The molecular formula is C12H25NO. The molecule has 0 aromatic heterocycles. The van der Waals surface area contributed by atoms with Crippen molar-refractivity contribution in [3.05, 3.63) is 0 Å². The van der Waals surface area contributed by atoms with Gasteiger partial charge in [0.1, 0.15) is 0 Å². The Bertz CT molecular complexity index is 160. The highest BCUT2D eigenvalue weighted by Crippen LogP contribution is 2.32. The van der Waals surface area contributed by atoms with Gasteiger partial charge in [-0.2, -0.15) is 0 Å². The fourth-order valence-corrected chi connectivity index (χ4v) is 2.51. The zero-order chi connectivity index (χ0) is 10.6. The average molecular weight is 199 g/mol. The number of hydrogen-bond donors (Lipinski definition) is 1. The number of methoxy groups -OCH3 is 1. The molecule has 0 heterocycles. The van der Waals surface area contributed by atoms with E-state index in [1.807, 2.05) is 0 Å². The van der Waals surface area contributed by atoms with E-state index < -0.39 is 0 Å². The van der Waals surface area contributed by atoms with Gasteiger partial charge in [-0.15, -0.1) is 0 Å². The normalized spacial score (nSPS) is 25.7. The second-order valence-electron chi connectivity index (χ2n) is 4.79. The van der Waals surface area contributed by atoms with Crippen LogP contribution < -0.4 is 5.73 Å². The van der Waals surface area contributed by atoms with Crippen LogP contribution >= 0.6 is 0 Å². The van der Waals surface area contributed by atoms with E-state index in [0.29, 0.717) is 5.92 Å². The highest BCUT2D eigenvalue weighted by atomic mass is 16.5. The lowest BCUT2D eigenvalue weighted by molar-refractivity contribution is -0.0380. The fraction of sp³-hybridized carbons (Fsp3) is 1.00. The van der Waals surface area contributed by atoms with Crippen LogP contribution in [0.3, 0.4) is 0 Å². The molecule has 2 unspecified atom stereocenters. The average Bonchev–Trinajstić information content (AvgIpc) is 2.28. The van der Waals surface area contributed by atoms with E-state index >= 15 is 0 Å². The lowest BCUT2D eigenvalue weighted by Crippen LogP contribution is -2.51. The quantitative estimate of drug-likeness (QED) is 0.755. The first kappa shape index (κ1) is 12.0. The second-order valence-corrected chi connectivity index (χ2v) is 4.79. The molecule has 2 N–H and O–H groups in total. The van der Waals surface area contributed by atoms with E-state index in [9.17, 15) is 0 Å². The third-order valence-electron chi connectivity index (χ3n) is 4.03. The molecule has 1 aliphatic rings. The molecule has 1 rings (SSSR count). The van der Waals surface area contributed by atoms with Crippen molar-refractivity contribution in [2.24, 2.45) is 11.7 Å². The van der Waals surface area contributed by atoms with Crippen molar-refractivity contribution in [2.45, 2.75) is 64.0 Å². The topological polar surface area (TPSA) is 35.2 Å². The van der Waals surface area contributed by atoms with Gasteiger partial charge in [0.25, 0.3) is 0 Å². The Morgan fingerprint density at radius 1 is 1.36 bits per heavy atom. The van der Waals surface area contributed by atoms with Crippen LogP contribution in [0.1, 0.15) is 52.4 Å². The largest absolute Gasteiger partial charge is 0.377 e. The summed E-state index contributed by atoms with van der Waals surface area (Å²) in [5, 5.41) is 0. The highest BCUT2D eigenvalue weighted by molar-refractivity contribution is 4.91. The Hall–Kier alpha value is -0.0800. The van der Waals surface area contributed by atoms with Crippen LogP contribution in [-0.2, 0) is 4.74 Å². The first-order valence-corrected chi connectivity index (χ1v) is 5.94. The van der Waals surface area contributed by atoms with Crippen LogP contribution in [0.2, 0.25) is 0 Å². The summed E-state index contributed by atoms with van der Waals surface area (Å²) < 4.78 is 5.58. The van der Waals surface area contributed by atoms with Crippen LogP contribution in [0, 0.1) is 5.92 Å². The first-order chi connectivity index (χ1) is 6.64. The molecule has 0 aromatic carbocycles. The second kappa shape index (κ2) is 5.13. The smallest absolute Gasteiger partial charge is 0.0800 e. The molecule has 2 atom stereocenters. The van der Waals surface area contributed by atoms with E-state index in [1.165, 1.54) is 32.1 Å². The van der Waals surface area contributed by atoms with Crippen molar-refractivity contribution < 1.29 is 4.74 Å². The maximum atomic E-state index is 6.32. The van der Waals surface area contributed by atoms with Gasteiger partial charge in [0, 0.05) is 13.2 Å². The van der Waals surface area contributed by atoms with Gasteiger partial charge in [0.2, 0.25) is 0 Å². The molecule has 0 radical (unpaired) electrons. The molecule has 1 aliphatic carbocycles. The van der Waals surface area contributed by atoms with Gasteiger partial charge in [-0.3, -0.25) is 0 Å². The summed E-state index contributed by atoms with van der Waals surface area (Å²) in [6.07, 6.45) is 7.67. The molecule has 0 bridgehead atoms. The molecule has 0 saturated heterocycles. The van der Waals surface area contributed by atoms with Gasteiger partial charge >= 0.3 is 0 Å². The Balaban J connectivity index is 2.56. The van der Waals surface area contributed by atoms with Crippen LogP contribution in [0.25, 0.3) is 0 Å². The molecule has 1 fully saturated rings. The van der Waals surface area contributed by atoms with Crippen molar-refractivity contribution >= 4 is 0 Å². The SMILES string of the molecule is CCC(C)(OC)C(N)C1CCCCC1. The summed E-state index contributed by atoms with van der Waals surface area (Å²) >= 11 is 0. The highest BCUT2D eigenvalue weighted by Gasteiger charge is 2.35. The van der Waals surface area contributed by atoms with Gasteiger partial charge in [0.05, 0.1) is 5.60 Å². The van der Waals surface area contributed by atoms with Crippen LogP contribution in [-0.4, -0.2) is 18.8 Å². The summed E-state index contributed by atoms with van der Waals surface area (Å²) in [7, 11) is 1.78. The summed E-state index contributed by atoms with van der Waals surface area (Å²) in [6, 6.07) is 0.206. The molecule has 84 valence electrons. The van der Waals surface area contributed by atoms with Gasteiger partial charge < -0.3 is 10.5 Å². The Morgan fingerprint density at radius 2 is 1.93 bits per heavy atom. The number of hydrogen-bond acceptors (Lipinski definition) is 2. The van der Waals surface area contributed by atoms with Crippen molar-refractivity contribution in [3.63, 3.8) is 0 Å². The molecule has 0 amide bonds. The zero-order valence-electron chi connectivity index (χ0n) is 9.88. The van der Waals surface area contributed by atoms with Gasteiger partial charge in [-0.05, 0) is 32.1 Å². The number of nitrogens with two attached hydrogens (primary N) is 1. The Kier molecular flexibility index (Phi) is 4.39. The van der Waals surface area contributed by atoms with Gasteiger partial charge in [0.15, 0.2) is 0 Å². The minimum absolute atomic E-state index is 0.123. The molecule has 14 heavy (non-hydrogen) atoms. The van der Waals surface area contributed by atoms with Crippen molar-refractivity contribution in [2.75, 3.05) is 7.11 Å². The van der Waals surface area contributed by atoms with Crippen LogP contribution in [0.5, 0.6) is 0 Å². The zero-order valence-corrected chi connectivity index (χ0v) is 9.88. The summed E-state index contributed by atoms with van der Waals surface area (Å²) in [4.78, 5) is 0. The fourth-order valence-electron chi connectivity index (χ4n) is 2.51. The standard InChI is InChI=1S/C12H25NO/c1-4-12(2,14-3)11(13)10-8-6-5-7-9-10/h10-11H,4-9,13H2,1-3H3. The van der Waals surface area contributed by atoms with Crippen molar-refractivity contribution in [1.82, 2.24) is 0 Å². The van der Waals surface area contributed by atoms with Crippen molar-refractivity contribution in [3.8, 4) is 0 Å². The maximum absolute atomic E-state index is 6.32. The molecule has 2 heteroatoms. The summed E-state index contributed by atoms with van der Waals surface area (Å²) in [5.74, 6) is 0.675. The monoisotopic (exact) mass is 199 g/mol. The molecule has 2 nitrogen and oxygen atoms in total. The van der Waals surface area contributed by atoms with E-state index in [0.717, 1.165) is 6.42 Å². The Morgan fingerprint density at radius 3 is 2.36 bits per heavy atom. The lowest BCUT2D eigenvalue weighted by atomic mass is 9.76. The predicted molar refractivity (Wildman–Crippen MR) is 60.3 cm³/mol. The number of rotatable bonds is 4. The molecule has 0 aromatic rings. The van der Waals surface area contributed by atoms with E-state index in [4.69, 9.17) is 10.5 Å². The van der Waals surface area contributed by atoms with Gasteiger partial charge in [-0.25, -0.2) is 0 Å². The van der Waals surface area contributed by atoms with Crippen molar-refractivity contribution in [1.29, 1.82) is 0 Å². The minimum Gasteiger partial charge on any atom is -0.377 e. The minimum atomic E-state index is -0.123. The van der Waals surface area contributed by atoms with Crippen LogP contribution in [0.4, 0.5) is 0 Å². The number of ether oxygens (including phenoxy) is 1. The lowest BCUT2D eigenvalue weighted by Gasteiger charge is -2.39. The Labute approximate surface area is 88.2 Å². The summed E-state index contributed by atoms with van der Waals surface area (Å²) in [6.45, 7) is 4.30. The third-order valence-corrected chi connectivity index (χ3v) is 4.03. The van der Waals surface area contributed by atoms with E-state index in [2.05, 4.69) is 13.8 Å². The first-order valence-electron chi connectivity index (χ1n) is 5.94. The molecule has 0 aliphatic heterocycles. The van der Waals surface area contributed by atoms with Crippen LogP contribution in [0.15, 0.2) is 0 Å². The molecular weight excluding hydrogens is 174 g/mol. The summed E-state index contributed by atoms with van der Waals surface area (Å²) in [5.41, 5.74) is 6.20.